The predicted molar refractivity (Wildman–Crippen MR) is 93.8 cm³/mol. The molecule has 2 N–H and O–H groups in total. The summed E-state index contributed by atoms with van der Waals surface area (Å²) < 4.78 is 1.05. The monoisotopic (exact) mass is 366 g/mol. The third-order valence-electron chi connectivity index (χ3n) is 3.82. The average molecular weight is 367 g/mol. The standard InChI is InChI=1S/C15H15BrN2S2/c1-9-11-5-7-20-14(11)4-6-18(9)13-3-2-10(15(17)19)8-12(13)16/h2-3,5,7-9H,4,6H2,1H3,(H2,17,19). The Bertz CT molecular complexity index is 666. The molecule has 0 bridgehead atoms. The number of nitrogens with zero attached hydrogens (tertiary/aromatic N) is 1. The number of thiophene rings is 1. The van der Waals surface area contributed by atoms with Gasteiger partial charge in [-0.1, -0.05) is 12.2 Å². The molecule has 0 aliphatic carbocycles. The fraction of sp³-hybridized carbons (Fsp3) is 0.267. The first-order valence-corrected chi connectivity index (χ1v) is 8.58. The number of thiocarbonyl (C=S) groups is 1. The van der Waals surface area contributed by atoms with Gasteiger partial charge in [0.2, 0.25) is 0 Å². The van der Waals surface area contributed by atoms with Crippen LogP contribution in [-0.4, -0.2) is 11.5 Å². The summed E-state index contributed by atoms with van der Waals surface area (Å²) in [7, 11) is 0. The van der Waals surface area contributed by atoms with Crippen molar-refractivity contribution in [1.29, 1.82) is 0 Å². The van der Waals surface area contributed by atoms with E-state index in [1.54, 1.807) is 0 Å². The Morgan fingerprint density at radius 1 is 1.45 bits per heavy atom. The zero-order valence-corrected chi connectivity index (χ0v) is 14.3. The lowest BCUT2D eigenvalue weighted by Gasteiger charge is -2.36. The summed E-state index contributed by atoms with van der Waals surface area (Å²) in [5.74, 6) is 0. The van der Waals surface area contributed by atoms with Gasteiger partial charge in [0, 0.05) is 21.5 Å². The Morgan fingerprint density at radius 2 is 2.25 bits per heavy atom. The van der Waals surface area contributed by atoms with Gasteiger partial charge < -0.3 is 10.6 Å². The molecule has 1 aliphatic rings. The molecule has 20 heavy (non-hydrogen) atoms. The first-order chi connectivity index (χ1) is 9.58. The number of rotatable bonds is 2. The molecule has 0 spiro atoms. The number of nitrogens with two attached hydrogens (primary N) is 1. The van der Waals surface area contributed by atoms with Crippen LogP contribution in [0.2, 0.25) is 0 Å². The summed E-state index contributed by atoms with van der Waals surface area (Å²) in [6.07, 6.45) is 1.11. The highest BCUT2D eigenvalue weighted by atomic mass is 79.9. The molecule has 2 heterocycles. The molecule has 0 radical (unpaired) electrons. The van der Waals surface area contributed by atoms with E-state index in [-0.39, 0.29) is 0 Å². The van der Waals surface area contributed by atoms with Gasteiger partial charge >= 0.3 is 0 Å². The van der Waals surface area contributed by atoms with Crippen LogP contribution in [0.5, 0.6) is 0 Å². The Kier molecular flexibility index (Phi) is 3.84. The van der Waals surface area contributed by atoms with Crippen LogP contribution in [0, 0.1) is 0 Å². The van der Waals surface area contributed by atoms with Crippen molar-refractivity contribution in [1.82, 2.24) is 0 Å². The first-order valence-electron chi connectivity index (χ1n) is 6.50. The normalized spacial score (nSPS) is 17.9. The molecule has 1 aromatic carbocycles. The van der Waals surface area contributed by atoms with Crippen molar-refractivity contribution >= 4 is 50.2 Å². The van der Waals surface area contributed by atoms with Gasteiger partial charge in [0.05, 0.1) is 11.7 Å². The van der Waals surface area contributed by atoms with Gasteiger partial charge in [0.25, 0.3) is 0 Å². The highest BCUT2D eigenvalue weighted by Crippen LogP contribution is 2.39. The van der Waals surface area contributed by atoms with E-state index in [0.29, 0.717) is 11.0 Å². The Morgan fingerprint density at radius 3 is 2.95 bits per heavy atom. The Labute approximate surface area is 136 Å². The van der Waals surface area contributed by atoms with Crippen LogP contribution in [-0.2, 0) is 6.42 Å². The van der Waals surface area contributed by atoms with E-state index in [4.69, 9.17) is 18.0 Å². The lowest BCUT2D eigenvalue weighted by Crippen LogP contribution is -2.33. The number of hydrogen-bond acceptors (Lipinski definition) is 3. The van der Waals surface area contributed by atoms with Crippen LogP contribution in [0.4, 0.5) is 5.69 Å². The second-order valence-electron chi connectivity index (χ2n) is 4.95. The minimum atomic E-state index is 0.400. The lowest BCUT2D eigenvalue weighted by atomic mass is 10.0. The van der Waals surface area contributed by atoms with Gasteiger partial charge in [-0.05, 0) is 64.5 Å². The van der Waals surface area contributed by atoms with Crippen molar-refractivity contribution in [3.63, 3.8) is 0 Å². The SMILES string of the molecule is CC1c2ccsc2CCN1c1ccc(C(N)=S)cc1Br. The molecular formula is C15H15BrN2S2. The summed E-state index contributed by atoms with van der Waals surface area (Å²) >= 11 is 10.5. The molecular weight excluding hydrogens is 352 g/mol. The summed E-state index contributed by atoms with van der Waals surface area (Å²) in [4.78, 5) is 4.39. The van der Waals surface area contributed by atoms with Crippen molar-refractivity contribution in [3.05, 3.63) is 50.1 Å². The Balaban J connectivity index is 1.96. The molecule has 3 rings (SSSR count). The average Bonchev–Trinajstić information content (AvgIpc) is 2.89. The van der Waals surface area contributed by atoms with Crippen molar-refractivity contribution < 1.29 is 0 Å². The highest BCUT2D eigenvalue weighted by Gasteiger charge is 2.26. The van der Waals surface area contributed by atoms with Gasteiger partial charge in [-0.3, -0.25) is 0 Å². The lowest BCUT2D eigenvalue weighted by molar-refractivity contribution is 0.632. The van der Waals surface area contributed by atoms with Crippen LogP contribution in [0.3, 0.4) is 0 Å². The van der Waals surface area contributed by atoms with Gasteiger partial charge in [-0.2, -0.15) is 0 Å². The van der Waals surface area contributed by atoms with Crippen LogP contribution in [0.1, 0.15) is 29.0 Å². The molecule has 2 aromatic rings. The second-order valence-corrected chi connectivity index (χ2v) is 7.24. The topological polar surface area (TPSA) is 29.3 Å². The van der Waals surface area contributed by atoms with E-state index in [1.165, 1.54) is 16.1 Å². The molecule has 2 nitrogen and oxygen atoms in total. The van der Waals surface area contributed by atoms with Crippen molar-refractivity contribution in [2.75, 3.05) is 11.4 Å². The van der Waals surface area contributed by atoms with E-state index < -0.39 is 0 Å². The number of anilines is 1. The van der Waals surface area contributed by atoms with Crippen LogP contribution >= 0.6 is 39.5 Å². The van der Waals surface area contributed by atoms with Gasteiger partial charge in [-0.25, -0.2) is 0 Å². The molecule has 1 aromatic heterocycles. The largest absolute Gasteiger partial charge is 0.389 e. The molecule has 104 valence electrons. The molecule has 5 heteroatoms. The first kappa shape index (κ1) is 14.0. The van der Waals surface area contributed by atoms with Crippen molar-refractivity contribution in [3.8, 4) is 0 Å². The maximum Gasteiger partial charge on any atom is 0.104 e. The molecule has 1 atom stereocenters. The van der Waals surface area contributed by atoms with Crippen molar-refractivity contribution in [2.24, 2.45) is 5.73 Å². The zero-order chi connectivity index (χ0) is 14.3. The number of halogens is 1. The summed E-state index contributed by atoms with van der Waals surface area (Å²) in [6, 6.07) is 8.75. The maximum absolute atomic E-state index is 5.69. The summed E-state index contributed by atoms with van der Waals surface area (Å²) in [6.45, 7) is 3.30. The van der Waals surface area contributed by atoms with Crippen LogP contribution in [0.15, 0.2) is 34.1 Å². The summed E-state index contributed by atoms with van der Waals surface area (Å²) in [5, 5.41) is 2.19. The molecule has 1 aliphatic heterocycles. The molecule has 0 saturated carbocycles. The van der Waals surface area contributed by atoms with Crippen molar-refractivity contribution in [2.45, 2.75) is 19.4 Å². The van der Waals surface area contributed by atoms with E-state index in [1.807, 2.05) is 23.5 Å². The minimum Gasteiger partial charge on any atom is -0.389 e. The minimum absolute atomic E-state index is 0.400. The van der Waals surface area contributed by atoms with E-state index in [9.17, 15) is 0 Å². The Hall–Kier alpha value is -0.910. The molecule has 0 saturated heterocycles. The number of benzene rings is 1. The smallest absolute Gasteiger partial charge is 0.104 e. The van der Waals surface area contributed by atoms with Crippen LogP contribution < -0.4 is 10.6 Å². The predicted octanol–water partition coefficient (Wildman–Crippen LogP) is 4.27. The van der Waals surface area contributed by atoms with E-state index >= 15 is 0 Å². The van der Waals surface area contributed by atoms with Gasteiger partial charge in [-0.15, -0.1) is 11.3 Å². The van der Waals surface area contributed by atoms with E-state index in [2.05, 4.69) is 45.3 Å². The second kappa shape index (κ2) is 5.47. The highest BCUT2D eigenvalue weighted by molar-refractivity contribution is 9.10. The number of fused-ring (bicyclic) bond motifs is 1. The fourth-order valence-corrected chi connectivity index (χ4v) is 4.43. The zero-order valence-electron chi connectivity index (χ0n) is 11.1. The fourth-order valence-electron chi connectivity index (χ4n) is 2.73. The number of hydrogen-bond donors (Lipinski definition) is 1. The molecule has 1 unspecified atom stereocenters. The quantitative estimate of drug-likeness (QED) is 0.804. The van der Waals surface area contributed by atoms with Gasteiger partial charge in [0.15, 0.2) is 0 Å². The third kappa shape index (κ3) is 2.38. The van der Waals surface area contributed by atoms with Gasteiger partial charge in [0.1, 0.15) is 4.99 Å². The summed E-state index contributed by atoms with van der Waals surface area (Å²) in [5.41, 5.74) is 9.24. The van der Waals surface area contributed by atoms with E-state index in [0.717, 1.165) is 23.0 Å². The third-order valence-corrected chi connectivity index (χ3v) is 5.69. The molecule has 0 fully saturated rings. The molecule has 0 amide bonds. The maximum atomic E-state index is 5.69. The van der Waals surface area contributed by atoms with Crippen LogP contribution in [0.25, 0.3) is 0 Å².